The van der Waals surface area contributed by atoms with E-state index in [-0.39, 0.29) is 5.75 Å². The zero-order chi connectivity index (χ0) is 15.9. The van der Waals surface area contributed by atoms with E-state index < -0.39 is 15.7 Å². The maximum atomic E-state index is 12.7. The number of nitrogens with zero attached hydrogens (tertiary/aromatic N) is 2. The first-order chi connectivity index (χ1) is 10.4. The molecule has 1 aromatic heterocycles. The molecule has 0 radical (unpaired) electrons. The lowest BCUT2D eigenvalue weighted by atomic mass is 10.2. The van der Waals surface area contributed by atoms with Gasteiger partial charge in [-0.05, 0) is 23.8 Å². The Kier molecular flexibility index (Phi) is 3.29. The number of aromatic nitrogens is 2. The number of aryl methyl sites for hydroxylation is 1. The molecule has 0 spiro atoms. The van der Waals surface area contributed by atoms with Gasteiger partial charge in [0.1, 0.15) is 0 Å². The lowest BCUT2D eigenvalue weighted by Gasteiger charge is -2.06. The molecule has 0 saturated carbocycles. The molecule has 2 N–H and O–H groups in total. The SMILES string of the molecule is Cn1c(=O)n(S(=O)(=O)Cc2ccccc2)c2cc(N)ccc21. The van der Waals surface area contributed by atoms with Crippen LogP contribution in [0, 0.1) is 0 Å². The fraction of sp³-hybridized carbons (Fsp3) is 0.133. The van der Waals surface area contributed by atoms with Gasteiger partial charge >= 0.3 is 5.69 Å². The maximum absolute atomic E-state index is 12.7. The number of hydrogen-bond acceptors (Lipinski definition) is 4. The molecule has 1 heterocycles. The first kappa shape index (κ1) is 14.4. The molecule has 3 aromatic rings. The van der Waals surface area contributed by atoms with E-state index in [1.165, 1.54) is 17.7 Å². The molecule has 0 saturated heterocycles. The van der Waals surface area contributed by atoms with Gasteiger partial charge in [-0.25, -0.2) is 13.2 Å². The highest BCUT2D eigenvalue weighted by atomic mass is 32.2. The van der Waals surface area contributed by atoms with Crippen molar-refractivity contribution in [3.63, 3.8) is 0 Å². The molecule has 3 rings (SSSR count). The van der Waals surface area contributed by atoms with E-state index >= 15 is 0 Å². The highest BCUT2D eigenvalue weighted by Crippen LogP contribution is 2.19. The molecule has 0 aliphatic rings. The van der Waals surface area contributed by atoms with Crippen LogP contribution in [0.4, 0.5) is 5.69 Å². The van der Waals surface area contributed by atoms with Gasteiger partial charge in [-0.2, -0.15) is 3.97 Å². The largest absolute Gasteiger partial charge is 0.399 e. The summed E-state index contributed by atoms with van der Waals surface area (Å²) in [7, 11) is -2.30. The molecule has 0 amide bonds. The molecule has 0 aliphatic heterocycles. The van der Waals surface area contributed by atoms with E-state index in [0.29, 0.717) is 22.3 Å². The summed E-state index contributed by atoms with van der Waals surface area (Å²) >= 11 is 0. The highest BCUT2D eigenvalue weighted by molar-refractivity contribution is 7.89. The number of fused-ring (bicyclic) bond motifs is 1. The zero-order valence-corrected chi connectivity index (χ0v) is 12.7. The van der Waals surface area contributed by atoms with Gasteiger partial charge in [-0.15, -0.1) is 0 Å². The summed E-state index contributed by atoms with van der Waals surface area (Å²) in [6, 6.07) is 13.5. The van der Waals surface area contributed by atoms with Crippen molar-refractivity contribution in [3.05, 3.63) is 64.6 Å². The first-order valence-corrected chi connectivity index (χ1v) is 8.25. The summed E-state index contributed by atoms with van der Waals surface area (Å²) in [5.74, 6) is -0.248. The fourth-order valence-corrected chi connectivity index (χ4v) is 4.00. The van der Waals surface area contributed by atoms with Gasteiger partial charge in [0.25, 0.3) is 0 Å². The Morgan fingerprint density at radius 1 is 1.05 bits per heavy atom. The molecule has 0 bridgehead atoms. The van der Waals surface area contributed by atoms with Crippen LogP contribution in [-0.4, -0.2) is 17.0 Å². The average molecular weight is 317 g/mol. The minimum Gasteiger partial charge on any atom is -0.399 e. The van der Waals surface area contributed by atoms with E-state index in [1.54, 1.807) is 42.5 Å². The van der Waals surface area contributed by atoms with Gasteiger partial charge in [0.05, 0.1) is 16.8 Å². The Morgan fingerprint density at radius 3 is 2.41 bits per heavy atom. The van der Waals surface area contributed by atoms with Crippen LogP contribution in [0.15, 0.2) is 53.3 Å². The summed E-state index contributed by atoms with van der Waals surface area (Å²) in [5, 5.41) is 0. The van der Waals surface area contributed by atoms with E-state index in [0.717, 1.165) is 3.97 Å². The number of imidazole rings is 1. The summed E-state index contributed by atoms with van der Waals surface area (Å²) in [6.07, 6.45) is 0. The van der Waals surface area contributed by atoms with Gasteiger partial charge < -0.3 is 5.73 Å². The third kappa shape index (κ3) is 2.29. The van der Waals surface area contributed by atoms with Crippen molar-refractivity contribution >= 4 is 26.7 Å². The molecular weight excluding hydrogens is 302 g/mol. The Labute approximate surface area is 127 Å². The minimum absolute atomic E-state index is 0.248. The van der Waals surface area contributed by atoms with Crippen LogP contribution < -0.4 is 11.4 Å². The Bertz CT molecular complexity index is 1000. The number of nitrogen functional groups attached to an aromatic ring is 1. The summed E-state index contributed by atoms with van der Waals surface area (Å²) in [5.41, 5.74) is 6.97. The number of benzene rings is 2. The normalized spacial score (nSPS) is 11.9. The molecule has 0 fully saturated rings. The van der Waals surface area contributed by atoms with Gasteiger partial charge in [0.15, 0.2) is 0 Å². The van der Waals surface area contributed by atoms with Crippen LogP contribution in [0.25, 0.3) is 11.0 Å². The van der Waals surface area contributed by atoms with Crippen LogP contribution in [0.1, 0.15) is 5.56 Å². The standard InChI is InChI=1S/C15H15N3O3S/c1-17-13-8-7-12(16)9-14(13)18(15(17)19)22(20,21)10-11-5-3-2-4-6-11/h2-9H,10,16H2,1H3. The summed E-state index contributed by atoms with van der Waals surface area (Å²) < 4.78 is 27.5. The van der Waals surface area contributed by atoms with Crippen molar-refractivity contribution in [3.8, 4) is 0 Å². The first-order valence-electron chi connectivity index (χ1n) is 6.64. The van der Waals surface area contributed by atoms with Crippen LogP contribution >= 0.6 is 0 Å². The van der Waals surface area contributed by atoms with Crippen LogP contribution in [0.5, 0.6) is 0 Å². The number of nitrogens with two attached hydrogens (primary N) is 1. The van der Waals surface area contributed by atoms with Crippen molar-refractivity contribution in [2.24, 2.45) is 7.05 Å². The van der Waals surface area contributed by atoms with Gasteiger partial charge in [-0.3, -0.25) is 4.57 Å². The van der Waals surface area contributed by atoms with E-state index in [1.807, 2.05) is 0 Å². The molecule has 2 aromatic carbocycles. The van der Waals surface area contributed by atoms with E-state index in [4.69, 9.17) is 5.73 Å². The van der Waals surface area contributed by atoms with Crippen LogP contribution in [0.3, 0.4) is 0 Å². The smallest absolute Gasteiger partial charge is 0.342 e. The maximum Gasteiger partial charge on any atom is 0.342 e. The molecule has 6 nitrogen and oxygen atoms in total. The second kappa shape index (κ2) is 5.03. The molecule has 0 atom stereocenters. The van der Waals surface area contributed by atoms with Gasteiger partial charge in [-0.1, -0.05) is 30.3 Å². The third-order valence-corrected chi connectivity index (χ3v) is 5.12. The topological polar surface area (TPSA) is 87.1 Å². The second-order valence-electron chi connectivity index (χ2n) is 5.10. The summed E-state index contributed by atoms with van der Waals surface area (Å²) in [4.78, 5) is 12.3. The summed E-state index contributed by atoms with van der Waals surface area (Å²) in [6.45, 7) is 0. The van der Waals surface area contributed by atoms with E-state index in [9.17, 15) is 13.2 Å². The third-order valence-electron chi connectivity index (χ3n) is 3.51. The van der Waals surface area contributed by atoms with Gasteiger partial charge in [0.2, 0.25) is 10.0 Å². The minimum atomic E-state index is -3.84. The second-order valence-corrected chi connectivity index (χ2v) is 6.91. The molecule has 0 aliphatic carbocycles. The Hall–Kier alpha value is -2.54. The number of anilines is 1. The van der Waals surface area contributed by atoms with Crippen molar-refractivity contribution in [1.29, 1.82) is 0 Å². The zero-order valence-electron chi connectivity index (χ0n) is 11.9. The molecular formula is C15H15N3O3S. The van der Waals surface area contributed by atoms with Crippen molar-refractivity contribution < 1.29 is 8.42 Å². The van der Waals surface area contributed by atoms with E-state index in [2.05, 4.69) is 0 Å². The average Bonchev–Trinajstić information content (AvgIpc) is 2.71. The molecule has 114 valence electrons. The lowest BCUT2D eigenvalue weighted by molar-refractivity contribution is 0.585. The number of hydrogen-bond donors (Lipinski definition) is 1. The molecule has 7 heteroatoms. The monoisotopic (exact) mass is 317 g/mol. The molecule has 0 unspecified atom stereocenters. The van der Waals surface area contributed by atoms with Crippen molar-refractivity contribution in [2.45, 2.75) is 5.75 Å². The predicted molar refractivity (Wildman–Crippen MR) is 86.1 cm³/mol. The fourth-order valence-electron chi connectivity index (χ4n) is 2.45. The number of rotatable bonds is 3. The van der Waals surface area contributed by atoms with Crippen LogP contribution in [0.2, 0.25) is 0 Å². The van der Waals surface area contributed by atoms with Crippen LogP contribution in [-0.2, 0) is 22.8 Å². The Balaban J connectivity index is 2.23. The van der Waals surface area contributed by atoms with Gasteiger partial charge in [0, 0.05) is 12.7 Å². The highest BCUT2D eigenvalue weighted by Gasteiger charge is 2.22. The lowest BCUT2D eigenvalue weighted by Crippen LogP contribution is -2.29. The molecule has 22 heavy (non-hydrogen) atoms. The van der Waals surface area contributed by atoms with Crippen molar-refractivity contribution in [1.82, 2.24) is 8.54 Å². The quantitative estimate of drug-likeness (QED) is 0.738. The Morgan fingerprint density at radius 2 is 1.73 bits per heavy atom. The predicted octanol–water partition coefficient (Wildman–Crippen LogP) is 1.30. The van der Waals surface area contributed by atoms with Crippen molar-refractivity contribution in [2.75, 3.05) is 5.73 Å².